The first-order valence-corrected chi connectivity index (χ1v) is 7.74. The zero-order chi connectivity index (χ0) is 16.4. The van der Waals surface area contributed by atoms with E-state index in [2.05, 4.69) is 20.9 Å². The summed E-state index contributed by atoms with van der Waals surface area (Å²) < 4.78 is 12.5. The number of hydrogen-bond donors (Lipinski definition) is 2. The van der Waals surface area contributed by atoms with Crippen LogP contribution in [-0.4, -0.2) is 40.3 Å². The first-order valence-electron chi connectivity index (χ1n) is 7.74. The van der Waals surface area contributed by atoms with Crippen LogP contribution in [0.25, 0.3) is 11.0 Å². The van der Waals surface area contributed by atoms with E-state index in [1.165, 1.54) is 0 Å². The van der Waals surface area contributed by atoms with Gasteiger partial charge >= 0.3 is 6.03 Å². The molecule has 2 amide bonds. The van der Waals surface area contributed by atoms with Crippen molar-refractivity contribution in [3.8, 4) is 0 Å². The summed E-state index contributed by atoms with van der Waals surface area (Å²) in [5, 5.41) is 14.6. The number of furan rings is 1. The standard InChI is InChI=1S/C16H17N5O3/c22-16(17-8-11-2-1-3-15-12(11)4-7-24-15)19-13-9-23-10-14(13)21-6-5-18-20-21/h1-7,13-14H,8-10H2,(H2,17,19,22)/t13-,14+/m0/s1. The average Bonchev–Trinajstić information content (AvgIpc) is 3.32. The lowest BCUT2D eigenvalue weighted by molar-refractivity contribution is 0.181. The van der Waals surface area contributed by atoms with Crippen molar-refractivity contribution in [2.45, 2.75) is 18.6 Å². The topological polar surface area (TPSA) is 94.2 Å². The molecule has 1 aliphatic heterocycles. The van der Waals surface area contributed by atoms with Crippen molar-refractivity contribution in [2.24, 2.45) is 0 Å². The lowest BCUT2D eigenvalue weighted by Gasteiger charge is -2.19. The SMILES string of the molecule is O=C(NCc1cccc2occc12)N[C@H]1COC[C@H]1n1ccnn1. The van der Waals surface area contributed by atoms with Crippen molar-refractivity contribution in [3.63, 3.8) is 0 Å². The van der Waals surface area contributed by atoms with E-state index >= 15 is 0 Å². The normalized spacial score (nSPS) is 20.3. The van der Waals surface area contributed by atoms with E-state index in [0.717, 1.165) is 16.5 Å². The van der Waals surface area contributed by atoms with Gasteiger partial charge in [-0.3, -0.25) is 0 Å². The molecule has 1 saturated heterocycles. The first kappa shape index (κ1) is 14.7. The fraction of sp³-hybridized carbons (Fsp3) is 0.312. The summed E-state index contributed by atoms with van der Waals surface area (Å²) in [5.74, 6) is 0. The van der Waals surface area contributed by atoms with Gasteiger partial charge in [0.2, 0.25) is 0 Å². The molecule has 0 saturated carbocycles. The molecule has 2 atom stereocenters. The van der Waals surface area contributed by atoms with E-state index < -0.39 is 0 Å². The van der Waals surface area contributed by atoms with Gasteiger partial charge in [-0.15, -0.1) is 5.10 Å². The number of nitrogens with zero attached hydrogens (tertiary/aromatic N) is 3. The van der Waals surface area contributed by atoms with Crippen LogP contribution in [0.1, 0.15) is 11.6 Å². The average molecular weight is 327 g/mol. The maximum Gasteiger partial charge on any atom is 0.315 e. The number of nitrogens with one attached hydrogen (secondary N) is 2. The molecular weight excluding hydrogens is 310 g/mol. The Morgan fingerprint density at radius 2 is 2.29 bits per heavy atom. The summed E-state index contributed by atoms with van der Waals surface area (Å²) in [6.07, 6.45) is 5.03. The van der Waals surface area contributed by atoms with Crippen molar-refractivity contribution in [3.05, 3.63) is 48.5 Å². The molecule has 0 aliphatic carbocycles. The maximum absolute atomic E-state index is 12.2. The van der Waals surface area contributed by atoms with Crippen molar-refractivity contribution in [1.82, 2.24) is 25.6 Å². The fourth-order valence-corrected chi connectivity index (χ4v) is 2.94. The quantitative estimate of drug-likeness (QED) is 0.756. The third-order valence-electron chi connectivity index (χ3n) is 4.17. The van der Waals surface area contributed by atoms with E-state index in [0.29, 0.717) is 19.8 Å². The lowest BCUT2D eigenvalue weighted by Crippen LogP contribution is -2.45. The van der Waals surface area contributed by atoms with Gasteiger partial charge in [-0.25, -0.2) is 9.48 Å². The van der Waals surface area contributed by atoms with Crippen LogP contribution in [0.3, 0.4) is 0 Å². The Kier molecular flexibility index (Phi) is 3.87. The number of aromatic nitrogens is 3. The molecule has 0 bridgehead atoms. The Morgan fingerprint density at radius 1 is 1.33 bits per heavy atom. The molecule has 1 fully saturated rings. The predicted octanol–water partition coefficient (Wildman–Crippen LogP) is 1.46. The van der Waals surface area contributed by atoms with Gasteiger partial charge in [0.15, 0.2) is 0 Å². The minimum atomic E-state index is -0.240. The highest BCUT2D eigenvalue weighted by Gasteiger charge is 2.31. The number of rotatable bonds is 4. The lowest BCUT2D eigenvalue weighted by atomic mass is 10.1. The maximum atomic E-state index is 12.2. The van der Waals surface area contributed by atoms with Gasteiger partial charge in [0, 0.05) is 18.1 Å². The Balaban J connectivity index is 1.37. The second-order valence-corrected chi connectivity index (χ2v) is 5.67. The summed E-state index contributed by atoms with van der Waals surface area (Å²) in [5.41, 5.74) is 1.82. The van der Waals surface area contributed by atoms with E-state index in [1.807, 2.05) is 24.3 Å². The highest BCUT2D eigenvalue weighted by Crippen LogP contribution is 2.20. The van der Waals surface area contributed by atoms with Gasteiger partial charge in [0.05, 0.1) is 37.8 Å². The van der Waals surface area contributed by atoms with Gasteiger partial charge in [0.25, 0.3) is 0 Å². The van der Waals surface area contributed by atoms with E-state index in [4.69, 9.17) is 9.15 Å². The van der Waals surface area contributed by atoms with Crippen molar-refractivity contribution in [2.75, 3.05) is 13.2 Å². The molecule has 4 rings (SSSR count). The number of hydrogen-bond acceptors (Lipinski definition) is 5. The van der Waals surface area contributed by atoms with E-state index in [1.54, 1.807) is 23.3 Å². The summed E-state index contributed by atoms with van der Waals surface area (Å²) in [7, 11) is 0. The van der Waals surface area contributed by atoms with Crippen LogP contribution in [0.15, 0.2) is 47.3 Å². The number of carbonyl (C=O) groups is 1. The zero-order valence-electron chi connectivity index (χ0n) is 12.9. The van der Waals surface area contributed by atoms with Gasteiger partial charge in [-0.05, 0) is 17.7 Å². The van der Waals surface area contributed by atoms with Crippen molar-refractivity contribution < 1.29 is 13.9 Å². The van der Waals surface area contributed by atoms with Crippen LogP contribution in [0, 0.1) is 0 Å². The van der Waals surface area contributed by atoms with E-state index in [9.17, 15) is 4.79 Å². The predicted molar refractivity (Wildman–Crippen MR) is 85.3 cm³/mol. The van der Waals surface area contributed by atoms with Crippen LogP contribution >= 0.6 is 0 Å². The fourth-order valence-electron chi connectivity index (χ4n) is 2.94. The van der Waals surface area contributed by atoms with Crippen LogP contribution < -0.4 is 10.6 Å². The molecule has 1 aliphatic rings. The molecule has 2 N–H and O–H groups in total. The van der Waals surface area contributed by atoms with Gasteiger partial charge in [-0.1, -0.05) is 17.3 Å². The summed E-state index contributed by atoms with van der Waals surface area (Å²) in [6, 6.07) is 7.25. The highest BCUT2D eigenvalue weighted by atomic mass is 16.5. The monoisotopic (exact) mass is 327 g/mol. The van der Waals surface area contributed by atoms with E-state index in [-0.39, 0.29) is 18.1 Å². The number of ether oxygens (including phenoxy) is 1. The highest BCUT2D eigenvalue weighted by molar-refractivity contribution is 5.81. The van der Waals surface area contributed by atoms with Crippen LogP contribution in [0.4, 0.5) is 4.79 Å². The van der Waals surface area contributed by atoms with Crippen molar-refractivity contribution >= 4 is 17.0 Å². The van der Waals surface area contributed by atoms with Gasteiger partial charge < -0.3 is 19.8 Å². The second-order valence-electron chi connectivity index (χ2n) is 5.67. The molecule has 0 unspecified atom stereocenters. The largest absolute Gasteiger partial charge is 0.464 e. The Labute approximate surface area is 137 Å². The Morgan fingerprint density at radius 3 is 3.17 bits per heavy atom. The molecule has 2 aromatic heterocycles. The number of benzene rings is 1. The molecule has 1 aromatic carbocycles. The number of carbonyl (C=O) groups excluding carboxylic acids is 1. The zero-order valence-corrected chi connectivity index (χ0v) is 12.9. The number of amides is 2. The van der Waals surface area contributed by atoms with Crippen LogP contribution in [-0.2, 0) is 11.3 Å². The number of urea groups is 1. The third kappa shape index (κ3) is 2.83. The molecule has 3 heterocycles. The molecule has 0 radical (unpaired) electrons. The minimum Gasteiger partial charge on any atom is -0.464 e. The van der Waals surface area contributed by atoms with Crippen molar-refractivity contribution in [1.29, 1.82) is 0 Å². The minimum absolute atomic E-state index is 0.0458. The van der Waals surface area contributed by atoms with Crippen LogP contribution in [0.5, 0.6) is 0 Å². The number of fused-ring (bicyclic) bond motifs is 1. The molecular formula is C16H17N5O3. The third-order valence-corrected chi connectivity index (χ3v) is 4.17. The Hall–Kier alpha value is -2.87. The smallest absolute Gasteiger partial charge is 0.315 e. The molecule has 8 nitrogen and oxygen atoms in total. The summed E-state index contributed by atoms with van der Waals surface area (Å²) in [4.78, 5) is 12.2. The molecule has 8 heteroatoms. The molecule has 3 aromatic rings. The molecule has 124 valence electrons. The summed E-state index contributed by atoms with van der Waals surface area (Å²) in [6.45, 7) is 1.38. The summed E-state index contributed by atoms with van der Waals surface area (Å²) >= 11 is 0. The van der Waals surface area contributed by atoms with Crippen LogP contribution in [0.2, 0.25) is 0 Å². The second kappa shape index (κ2) is 6.32. The molecule has 24 heavy (non-hydrogen) atoms. The molecule has 0 spiro atoms. The van der Waals surface area contributed by atoms with Gasteiger partial charge in [-0.2, -0.15) is 0 Å². The first-order chi connectivity index (χ1) is 11.8. The Bertz CT molecular complexity index is 829. The van der Waals surface area contributed by atoms with Gasteiger partial charge in [0.1, 0.15) is 5.58 Å².